The van der Waals surface area contributed by atoms with Crippen LogP contribution in [0.15, 0.2) is 60.7 Å². The van der Waals surface area contributed by atoms with Crippen molar-refractivity contribution in [3.63, 3.8) is 0 Å². The van der Waals surface area contributed by atoms with Crippen LogP contribution in [0.2, 0.25) is 0 Å². The van der Waals surface area contributed by atoms with E-state index in [1.807, 2.05) is 85.0 Å². The Bertz CT molecular complexity index is 1490. The summed E-state index contributed by atoms with van der Waals surface area (Å²) < 4.78 is 32.8. The summed E-state index contributed by atoms with van der Waals surface area (Å²) in [5.74, 6) is 4.94. The Balaban J connectivity index is 1.24. The molecule has 8 nitrogen and oxygen atoms in total. The Morgan fingerprint density at radius 1 is 0.459 bits per heavy atom. The van der Waals surface area contributed by atoms with Gasteiger partial charge in [-0.15, -0.1) is 0 Å². The van der Waals surface area contributed by atoms with Crippen molar-refractivity contribution in [3.05, 3.63) is 83.2 Å². The molecule has 0 radical (unpaired) electrons. The molecule has 3 aliphatic rings. The van der Waals surface area contributed by atoms with E-state index in [2.05, 4.69) is 0 Å². The molecule has 0 saturated heterocycles. The van der Waals surface area contributed by atoms with E-state index in [0.29, 0.717) is 17.3 Å². The third-order valence-electron chi connectivity index (χ3n) is 6.08. The molecule has 3 aromatic carbocycles. The van der Waals surface area contributed by atoms with E-state index in [4.69, 9.17) is 38.4 Å². The summed E-state index contributed by atoms with van der Waals surface area (Å²) in [6.07, 6.45) is 7.87. The molecule has 4 aromatic rings. The topological polar surface area (TPSA) is 81.2 Å². The first kappa shape index (κ1) is 21.3. The van der Waals surface area contributed by atoms with Crippen molar-refractivity contribution in [1.29, 1.82) is 0 Å². The zero-order valence-corrected chi connectivity index (χ0v) is 19.5. The lowest BCUT2D eigenvalue weighted by Gasteiger charge is -2.06. The van der Waals surface area contributed by atoms with Gasteiger partial charge >= 0.3 is 0 Å². The SMILES string of the molecule is C(=Cc1cc(C=Cc2ccc3c(c2)OCO3)nc(-c2ccc3c(c2)OCO3)n1)c1ccc2c(c1)OCO2. The first-order valence-corrected chi connectivity index (χ1v) is 11.7. The zero-order valence-electron chi connectivity index (χ0n) is 19.5. The van der Waals surface area contributed by atoms with Crippen LogP contribution >= 0.6 is 0 Å². The second kappa shape index (κ2) is 8.91. The monoisotopic (exact) mass is 492 g/mol. The van der Waals surface area contributed by atoms with E-state index in [9.17, 15) is 0 Å². The fraction of sp³-hybridized carbons (Fsp3) is 0.103. The van der Waals surface area contributed by atoms with Crippen LogP contribution in [0.4, 0.5) is 0 Å². The maximum absolute atomic E-state index is 5.55. The van der Waals surface area contributed by atoms with Crippen LogP contribution in [0.25, 0.3) is 35.7 Å². The number of benzene rings is 3. The number of hydrogen-bond donors (Lipinski definition) is 0. The second-order valence-corrected chi connectivity index (χ2v) is 8.50. The first-order valence-electron chi connectivity index (χ1n) is 11.7. The molecule has 182 valence electrons. The third kappa shape index (κ3) is 4.29. The van der Waals surface area contributed by atoms with Crippen LogP contribution in [0.3, 0.4) is 0 Å². The van der Waals surface area contributed by atoms with Crippen LogP contribution < -0.4 is 28.4 Å². The van der Waals surface area contributed by atoms with Gasteiger partial charge in [0.25, 0.3) is 0 Å². The molecule has 0 spiro atoms. The minimum Gasteiger partial charge on any atom is -0.454 e. The highest BCUT2D eigenvalue weighted by Crippen LogP contribution is 2.36. The van der Waals surface area contributed by atoms with Crippen LogP contribution in [0.1, 0.15) is 22.5 Å². The average molecular weight is 492 g/mol. The van der Waals surface area contributed by atoms with Gasteiger partial charge in [-0.25, -0.2) is 9.97 Å². The number of ether oxygens (including phenoxy) is 6. The van der Waals surface area contributed by atoms with E-state index in [-0.39, 0.29) is 20.4 Å². The summed E-state index contributed by atoms with van der Waals surface area (Å²) in [7, 11) is 0. The molecule has 0 bridgehead atoms. The van der Waals surface area contributed by atoms with E-state index >= 15 is 0 Å². The molecule has 0 aliphatic carbocycles. The smallest absolute Gasteiger partial charge is 0.231 e. The van der Waals surface area contributed by atoms with Gasteiger partial charge in [-0.3, -0.25) is 0 Å². The fourth-order valence-corrected chi connectivity index (χ4v) is 4.22. The van der Waals surface area contributed by atoms with E-state index in [0.717, 1.165) is 51.1 Å². The molecule has 1 aromatic heterocycles. The fourth-order valence-electron chi connectivity index (χ4n) is 4.22. The third-order valence-corrected chi connectivity index (χ3v) is 6.08. The minimum atomic E-state index is 0.210. The largest absolute Gasteiger partial charge is 0.454 e. The molecule has 7 rings (SSSR count). The minimum absolute atomic E-state index is 0.210. The van der Waals surface area contributed by atoms with Crippen LogP contribution in [0, 0.1) is 0 Å². The Hall–Kier alpha value is -4.98. The van der Waals surface area contributed by atoms with E-state index in [1.54, 1.807) is 0 Å². The number of hydrogen-bond acceptors (Lipinski definition) is 8. The number of fused-ring (bicyclic) bond motifs is 3. The lowest BCUT2D eigenvalue weighted by Crippen LogP contribution is -1.95. The molecule has 0 atom stereocenters. The van der Waals surface area contributed by atoms with Crippen LogP contribution in [0.5, 0.6) is 34.5 Å². The highest BCUT2D eigenvalue weighted by Gasteiger charge is 2.16. The quantitative estimate of drug-likeness (QED) is 0.353. The van der Waals surface area contributed by atoms with Crippen molar-refractivity contribution in [3.8, 4) is 45.9 Å². The summed E-state index contributed by atoms with van der Waals surface area (Å²) >= 11 is 0. The van der Waals surface area contributed by atoms with E-state index < -0.39 is 0 Å². The van der Waals surface area contributed by atoms with Gasteiger partial charge in [0, 0.05) is 5.56 Å². The Kier molecular flexibility index (Phi) is 5.13. The van der Waals surface area contributed by atoms with Crippen molar-refractivity contribution < 1.29 is 28.4 Å². The lowest BCUT2D eigenvalue weighted by atomic mass is 10.1. The molecule has 0 unspecified atom stereocenters. The van der Waals surface area contributed by atoms with E-state index in [1.165, 1.54) is 0 Å². The van der Waals surface area contributed by atoms with Gasteiger partial charge in [0.15, 0.2) is 40.3 Å². The maximum Gasteiger partial charge on any atom is 0.231 e. The highest BCUT2D eigenvalue weighted by atomic mass is 16.7. The molecule has 0 N–H and O–H groups in total. The lowest BCUT2D eigenvalue weighted by molar-refractivity contribution is 0.173. The Morgan fingerprint density at radius 2 is 0.919 bits per heavy atom. The summed E-state index contributed by atoms with van der Waals surface area (Å²) in [6.45, 7) is 0.695. The van der Waals surface area contributed by atoms with Crippen molar-refractivity contribution in [2.75, 3.05) is 20.4 Å². The Morgan fingerprint density at radius 3 is 1.46 bits per heavy atom. The van der Waals surface area contributed by atoms with Gasteiger partial charge in [-0.05, 0) is 71.8 Å². The van der Waals surface area contributed by atoms with Crippen LogP contribution in [-0.2, 0) is 0 Å². The normalized spacial score (nSPS) is 14.7. The van der Waals surface area contributed by atoms with Gasteiger partial charge in [-0.2, -0.15) is 0 Å². The predicted molar refractivity (Wildman–Crippen MR) is 137 cm³/mol. The molecular weight excluding hydrogens is 472 g/mol. The molecule has 37 heavy (non-hydrogen) atoms. The predicted octanol–water partition coefficient (Wildman–Crippen LogP) is 5.67. The van der Waals surface area contributed by atoms with Gasteiger partial charge in [0.2, 0.25) is 20.4 Å². The van der Waals surface area contributed by atoms with Crippen LogP contribution in [-0.4, -0.2) is 30.3 Å². The van der Waals surface area contributed by atoms with Gasteiger partial charge < -0.3 is 28.4 Å². The van der Waals surface area contributed by atoms with Crippen molar-refractivity contribution >= 4 is 24.3 Å². The molecule has 0 fully saturated rings. The molecule has 0 amide bonds. The zero-order chi connectivity index (χ0) is 24.6. The second-order valence-electron chi connectivity index (χ2n) is 8.50. The summed E-state index contributed by atoms with van der Waals surface area (Å²) in [5.41, 5.74) is 4.30. The van der Waals surface area contributed by atoms with Crippen molar-refractivity contribution in [2.45, 2.75) is 0 Å². The number of aromatic nitrogens is 2. The molecule has 3 aliphatic heterocycles. The average Bonchev–Trinajstić information content (AvgIpc) is 3.70. The van der Waals surface area contributed by atoms with Crippen molar-refractivity contribution in [2.24, 2.45) is 0 Å². The molecule has 0 saturated carbocycles. The van der Waals surface area contributed by atoms with Crippen molar-refractivity contribution in [1.82, 2.24) is 9.97 Å². The summed E-state index contributed by atoms with van der Waals surface area (Å²) in [5, 5.41) is 0. The highest BCUT2D eigenvalue weighted by molar-refractivity contribution is 5.75. The molecular formula is C29H20N2O6. The van der Waals surface area contributed by atoms with Gasteiger partial charge in [0.1, 0.15) is 0 Å². The Labute approximate surface area is 212 Å². The van der Waals surface area contributed by atoms with Gasteiger partial charge in [-0.1, -0.05) is 24.3 Å². The maximum atomic E-state index is 5.55. The number of nitrogens with zero attached hydrogens (tertiary/aromatic N) is 2. The van der Waals surface area contributed by atoms with Gasteiger partial charge in [0.05, 0.1) is 11.4 Å². The molecule has 8 heteroatoms. The number of rotatable bonds is 5. The summed E-state index contributed by atoms with van der Waals surface area (Å²) in [4.78, 5) is 9.60. The first-order chi connectivity index (χ1) is 18.3. The standard InChI is InChI=1S/C29H20N2O6/c1(18-3-8-23-26(11-18)35-15-32-23)6-21-14-22(7-2-19-4-9-24-27(12-19)36-16-33-24)31-29(30-21)20-5-10-25-28(13-20)37-17-34-25/h1-14H,15-17H2. The summed E-state index contributed by atoms with van der Waals surface area (Å²) in [6, 6.07) is 19.3. The molecule has 4 heterocycles.